The molecule has 0 radical (unpaired) electrons. The molecule has 1 saturated heterocycles. The van der Waals surface area contributed by atoms with Crippen LogP contribution in [0.2, 0.25) is 0 Å². The van der Waals surface area contributed by atoms with Gasteiger partial charge in [0.25, 0.3) is 0 Å². The van der Waals surface area contributed by atoms with Gasteiger partial charge in [-0.1, -0.05) is 36.0 Å². The summed E-state index contributed by atoms with van der Waals surface area (Å²) in [5.74, 6) is 1.19. The number of likely N-dealkylation sites (N-methyl/N-ethyl adjacent to an activating group) is 1. The summed E-state index contributed by atoms with van der Waals surface area (Å²) in [7, 11) is 3.90. The summed E-state index contributed by atoms with van der Waals surface area (Å²) >= 11 is 1.37. The Bertz CT molecular complexity index is 1600. The lowest BCUT2D eigenvalue weighted by Crippen LogP contribution is -2.53. The van der Waals surface area contributed by atoms with E-state index in [2.05, 4.69) is 15.6 Å². The first-order valence-electron chi connectivity index (χ1n) is 14.8. The molecule has 6 rings (SSSR count). The average molecular weight is 613 g/mol. The number of hydrogen-bond donors (Lipinski definition) is 2. The van der Waals surface area contributed by atoms with Crippen LogP contribution in [0.15, 0.2) is 78.0 Å². The fraction of sp³-hybridized carbons (Fsp3) is 0.333. The first-order chi connectivity index (χ1) is 21.3. The van der Waals surface area contributed by atoms with E-state index in [1.807, 2.05) is 86.6 Å². The second-order valence-corrected chi connectivity index (χ2v) is 12.6. The van der Waals surface area contributed by atoms with Crippen LogP contribution in [0.1, 0.15) is 30.0 Å². The molecule has 3 atom stereocenters. The lowest BCUT2D eigenvalue weighted by atomic mass is 9.98. The Balaban J connectivity index is 1.17. The van der Waals surface area contributed by atoms with E-state index >= 15 is 0 Å². The second kappa shape index (κ2) is 12.7. The molecule has 4 heterocycles. The normalized spacial score (nSPS) is 20.9. The molecule has 1 aromatic heterocycles. The minimum Gasteiger partial charge on any atom is -0.457 e. The summed E-state index contributed by atoms with van der Waals surface area (Å²) in [6.45, 7) is 3.75. The third-order valence-corrected chi connectivity index (χ3v) is 9.25. The number of likely N-dealkylation sites (tertiary alicyclic amines) is 1. The number of piperidine rings is 1. The number of para-hydroxylation sites is 1. The number of urea groups is 1. The van der Waals surface area contributed by atoms with Crippen LogP contribution in [0.5, 0.6) is 11.5 Å². The number of rotatable bonds is 8. The molecule has 228 valence electrons. The van der Waals surface area contributed by atoms with Gasteiger partial charge in [0.1, 0.15) is 21.8 Å². The van der Waals surface area contributed by atoms with Crippen molar-refractivity contribution in [2.45, 2.75) is 42.1 Å². The lowest BCUT2D eigenvalue weighted by Gasteiger charge is -2.36. The number of hydrogen-bond acceptors (Lipinski definition) is 7. The molecule has 11 heteroatoms. The maximum absolute atomic E-state index is 13.7. The summed E-state index contributed by atoms with van der Waals surface area (Å²) in [6, 6.07) is 16.0. The molecule has 3 aliphatic heterocycles. The second-order valence-electron chi connectivity index (χ2n) is 11.5. The van der Waals surface area contributed by atoms with Gasteiger partial charge >= 0.3 is 6.03 Å². The zero-order valence-corrected chi connectivity index (χ0v) is 25.8. The number of anilines is 2. The Morgan fingerprint density at radius 1 is 1.14 bits per heavy atom. The summed E-state index contributed by atoms with van der Waals surface area (Å²) in [4.78, 5) is 50.0. The highest BCUT2D eigenvalue weighted by Gasteiger charge is 2.47. The van der Waals surface area contributed by atoms with Gasteiger partial charge in [0.2, 0.25) is 11.8 Å². The minimum absolute atomic E-state index is 0.0446. The van der Waals surface area contributed by atoms with Crippen LogP contribution in [0.25, 0.3) is 0 Å². The maximum Gasteiger partial charge on any atom is 0.327 e. The molecule has 4 amide bonds. The van der Waals surface area contributed by atoms with E-state index in [0.717, 1.165) is 40.4 Å². The number of carbonyl (C=O) groups excluding carboxylic acids is 3. The molecule has 1 fully saturated rings. The number of thioether (sulfide) groups is 1. The standard InChI is InChI=1S/C33H36N6O4S/c1-21-19-24(43-23-10-5-4-6-11-23)13-14-25(21)39-26-15-16-34-32-28(26)29(36-33(39)42)30(44-32)31(41)35-22-9-7-18-38(20-22)27(40)12-8-17-37(2)3/h4-6,8,10-16,19,22,29-30H,7,9,17-18,20H2,1-3H3,(H,35,41)(H,36,42)/b12-8+/t22?,29?,30-/m1/s1. The van der Waals surface area contributed by atoms with E-state index in [0.29, 0.717) is 31.1 Å². The predicted molar refractivity (Wildman–Crippen MR) is 170 cm³/mol. The van der Waals surface area contributed by atoms with Crippen LogP contribution in [-0.4, -0.2) is 77.7 Å². The molecular weight excluding hydrogens is 576 g/mol. The molecule has 0 aliphatic carbocycles. The fourth-order valence-electron chi connectivity index (χ4n) is 5.88. The first kappa shape index (κ1) is 29.7. The number of pyridine rings is 1. The van der Waals surface area contributed by atoms with Gasteiger partial charge in [-0.15, -0.1) is 0 Å². The molecule has 3 aliphatic rings. The first-order valence-corrected chi connectivity index (χ1v) is 15.7. The molecule has 0 saturated carbocycles. The maximum atomic E-state index is 13.7. The van der Waals surface area contributed by atoms with Gasteiger partial charge in [0, 0.05) is 43.5 Å². The quantitative estimate of drug-likeness (QED) is 0.353. The Morgan fingerprint density at radius 3 is 2.73 bits per heavy atom. The Labute approximate surface area is 261 Å². The largest absolute Gasteiger partial charge is 0.457 e. The minimum atomic E-state index is -0.571. The SMILES string of the molecule is Cc1cc(Oc2ccccc2)ccc1N1C(=O)NC2c3c1ccnc3S[C@H]2C(=O)NC1CCCN(C(=O)/C=C/CN(C)C)C1. The Morgan fingerprint density at radius 2 is 1.95 bits per heavy atom. The zero-order valence-electron chi connectivity index (χ0n) is 25.0. The van der Waals surface area contributed by atoms with E-state index in [1.54, 1.807) is 22.1 Å². The number of benzene rings is 2. The van der Waals surface area contributed by atoms with Crippen LogP contribution in [0.3, 0.4) is 0 Å². The van der Waals surface area contributed by atoms with Gasteiger partial charge < -0.3 is 25.2 Å². The van der Waals surface area contributed by atoms with Gasteiger partial charge in [-0.05, 0) is 75.8 Å². The van der Waals surface area contributed by atoms with Crippen LogP contribution >= 0.6 is 11.8 Å². The van der Waals surface area contributed by atoms with Crippen molar-refractivity contribution in [3.8, 4) is 11.5 Å². The molecule has 2 unspecified atom stereocenters. The molecule has 44 heavy (non-hydrogen) atoms. The number of ether oxygens (including phenoxy) is 1. The predicted octanol–water partition coefficient (Wildman–Crippen LogP) is 4.78. The number of nitrogens with one attached hydrogen (secondary N) is 2. The van der Waals surface area contributed by atoms with Gasteiger partial charge in [0.15, 0.2) is 0 Å². The lowest BCUT2D eigenvalue weighted by molar-refractivity contribution is -0.129. The van der Waals surface area contributed by atoms with Crippen molar-refractivity contribution < 1.29 is 19.1 Å². The highest BCUT2D eigenvalue weighted by molar-refractivity contribution is 8.01. The third kappa shape index (κ3) is 6.15. The average Bonchev–Trinajstić information content (AvgIpc) is 3.38. The number of aromatic nitrogens is 1. The van der Waals surface area contributed by atoms with Crippen molar-refractivity contribution in [2.75, 3.05) is 38.6 Å². The van der Waals surface area contributed by atoms with E-state index in [1.165, 1.54) is 11.8 Å². The highest BCUT2D eigenvalue weighted by Crippen LogP contribution is 2.51. The van der Waals surface area contributed by atoms with Crippen molar-refractivity contribution in [3.05, 3.63) is 84.1 Å². The number of aryl methyl sites for hydroxylation is 1. The zero-order chi connectivity index (χ0) is 30.8. The van der Waals surface area contributed by atoms with Gasteiger partial charge in [0.05, 0.1) is 17.4 Å². The third-order valence-electron chi connectivity index (χ3n) is 7.96. The summed E-state index contributed by atoms with van der Waals surface area (Å²) in [6.07, 6.45) is 6.74. The van der Waals surface area contributed by atoms with Gasteiger partial charge in [-0.25, -0.2) is 9.78 Å². The molecule has 3 aromatic rings. The van der Waals surface area contributed by atoms with Crippen molar-refractivity contribution in [1.29, 1.82) is 0 Å². The van der Waals surface area contributed by atoms with Crippen LogP contribution in [0.4, 0.5) is 16.2 Å². The monoisotopic (exact) mass is 612 g/mol. The Kier molecular flexibility index (Phi) is 8.58. The Hall–Kier alpha value is -4.35. The topological polar surface area (TPSA) is 107 Å². The van der Waals surface area contributed by atoms with Crippen molar-refractivity contribution in [3.63, 3.8) is 0 Å². The highest BCUT2D eigenvalue weighted by atomic mass is 32.2. The van der Waals surface area contributed by atoms with E-state index in [9.17, 15) is 14.4 Å². The van der Waals surface area contributed by atoms with E-state index < -0.39 is 11.3 Å². The van der Waals surface area contributed by atoms with Gasteiger partial charge in [-0.3, -0.25) is 14.5 Å². The molecule has 2 N–H and O–H groups in total. The fourth-order valence-corrected chi connectivity index (χ4v) is 7.12. The molecule has 0 bridgehead atoms. The van der Waals surface area contributed by atoms with Crippen LogP contribution in [0, 0.1) is 6.92 Å². The summed E-state index contributed by atoms with van der Waals surface area (Å²) < 4.78 is 5.99. The molecule has 2 aromatic carbocycles. The van der Waals surface area contributed by atoms with E-state index in [4.69, 9.17) is 4.74 Å². The molecule has 10 nitrogen and oxygen atoms in total. The summed E-state index contributed by atoms with van der Waals surface area (Å²) in [5, 5.41) is 6.41. The number of amides is 4. The molecule has 0 spiro atoms. The van der Waals surface area contributed by atoms with Crippen molar-refractivity contribution >= 4 is 41.0 Å². The smallest absolute Gasteiger partial charge is 0.327 e. The van der Waals surface area contributed by atoms with Crippen molar-refractivity contribution in [2.24, 2.45) is 0 Å². The summed E-state index contributed by atoms with van der Waals surface area (Å²) in [5.41, 5.74) is 3.14. The van der Waals surface area contributed by atoms with Crippen LogP contribution < -0.4 is 20.3 Å². The van der Waals surface area contributed by atoms with Gasteiger partial charge in [-0.2, -0.15) is 0 Å². The van der Waals surface area contributed by atoms with Crippen LogP contribution in [-0.2, 0) is 9.59 Å². The number of carbonyl (C=O) groups is 3. The molecular formula is C33H36N6O4S. The van der Waals surface area contributed by atoms with E-state index in [-0.39, 0.29) is 23.9 Å². The van der Waals surface area contributed by atoms with Crippen molar-refractivity contribution in [1.82, 2.24) is 25.4 Å². The number of nitrogens with zero attached hydrogens (tertiary/aromatic N) is 4.